The molecule has 2 unspecified atom stereocenters. The van der Waals surface area contributed by atoms with Gasteiger partial charge in [-0.2, -0.15) is 0 Å². The molecular weight excluding hydrogens is 243 g/mol. The first kappa shape index (κ1) is 14.2. The van der Waals surface area contributed by atoms with Crippen molar-refractivity contribution in [3.63, 3.8) is 0 Å². The van der Waals surface area contributed by atoms with E-state index in [-0.39, 0.29) is 5.82 Å². The molecule has 19 heavy (non-hydrogen) atoms. The molecule has 0 amide bonds. The highest BCUT2D eigenvalue weighted by atomic mass is 19.1. The van der Waals surface area contributed by atoms with Crippen LogP contribution in [-0.4, -0.2) is 35.1 Å². The summed E-state index contributed by atoms with van der Waals surface area (Å²) < 4.78 is 12.9. The van der Waals surface area contributed by atoms with Crippen molar-refractivity contribution in [2.75, 3.05) is 18.0 Å². The van der Waals surface area contributed by atoms with Gasteiger partial charge in [0.05, 0.1) is 12.4 Å². The Bertz CT molecular complexity index is 382. The van der Waals surface area contributed by atoms with Crippen molar-refractivity contribution in [3.8, 4) is 0 Å². The van der Waals surface area contributed by atoms with Gasteiger partial charge in [0.2, 0.25) is 5.95 Å². The highest BCUT2D eigenvalue weighted by Crippen LogP contribution is 2.23. The van der Waals surface area contributed by atoms with E-state index in [2.05, 4.69) is 34.0 Å². The average molecular weight is 266 g/mol. The van der Waals surface area contributed by atoms with Crippen LogP contribution in [0.1, 0.15) is 39.5 Å². The minimum Gasteiger partial charge on any atom is -0.336 e. The van der Waals surface area contributed by atoms with E-state index in [9.17, 15) is 4.39 Å². The molecule has 0 spiro atoms. The smallest absolute Gasteiger partial charge is 0.225 e. The second-order valence-corrected chi connectivity index (χ2v) is 5.20. The average Bonchev–Trinajstić information content (AvgIpc) is 2.45. The summed E-state index contributed by atoms with van der Waals surface area (Å²) >= 11 is 0. The van der Waals surface area contributed by atoms with Gasteiger partial charge in [0.15, 0.2) is 5.82 Å². The number of hydrogen-bond acceptors (Lipinski definition) is 4. The number of halogens is 1. The molecule has 1 saturated heterocycles. The monoisotopic (exact) mass is 266 g/mol. The summed E-state index contributed by atoms with van der Waals surface area (Å²) in [4.78, 5) is 10.5. The van der Waals surface area contributed by atoms with Crippen LogP contribution in [0.25, 0.3) is 0 Å². The fraction of sp³-hybridized carbons (Fsp3) is 0.714. The molecule has 0 saturated carbocycles. The van der Waals surface area contributed by atoms with Crippen molar-refractivity contribution < 1.29 is 4.39 Å². The van der Waals surface area contributed by atoms with Crippen LogP contribution in [0.5, 0.6) is 0 Å². The predicted octanol–water partition coefficient (Wildman–Crippen LogP) is 2.36. The predicted molar refractivity (Wildman–Crippen MR) is 74.7 cm³/mol. The molecule has 4 nitrogen and oxygen atoms in total. The molecule has 5 heteroatoms. The van der Waals surface area contributed by atoms with Crippen LogP contribution >= 0.6 is 0 Å². The van der Waals surface area contributed by atoms with Crippen LogP contribution in [0.3, 0.4) is 0 Å². The maximum Gasteiger partial charge on any atom is 0.225 e. The molecule has 1 fully saturated rings. The van der Waals surface area contributed by atoms with Crippen molar-refractivity contribution in [3.05, 3.63) is 18.2 Å². The Morgan fingerprint density at radius 1 is 1.42 bits per heavy atom. The van der Waals surface area contributed by atoms with Gasteiger partial charge in [0.25, 0.3) is 0 Å². The first-order chi connectivity index (χ1) is 9.22. The zero-order valence-electron chi connectivity index (χ0n) is 11.8. The third-order valence-corrected chi connectivity index (χ3v) is 3.71. The summed E-state index contributed by atoms with van der Waals surface area (Å²) in [5.41, 5.74) is 0. The number of nitrogens with zero attached hydrogens (tertiary/aromatic N) is 3. The highest BCUT2D eigenvalue weighted by molar-refractivity contribution is 5.32. The molecule has 0 bridgehead atoms. The van der Waals surface area contributed by atoms with Crippen molar-refractivity contribution in [1.29, 1.82) is 0 Å². The van der Waals surface area contributed by atoms with Crippen molar-refractivity contribution >= 4 is 5.95 Å². The highest BCUT2D eigenvalue weighted by Gasteiger charge is 2.28. The fourth-order valence-electron chi connectivity index (χ4n) is 2.69. The van der Waals surface area contributed by atoms with Crippen LogP contribution in [0.2, 0.25) is 0 Å². The maximum atomic E-state index is 12.9. The van der Waals surface area contributed by atoms with E-state index >= 15 is 0 Å². The Balaban J connectivity index is 2.08. The molecular formula is C14H23FN4. The third-order valence-electron chi connectivity index (χ3n) is 3.71. The van der Waals surface area contributed by atoms with E-state index in [0.717, 1.165) is 32.4 Å². The zero-order chi connectivity index (χ0) is 13.7. The van der Waals surface area contributed by atoms with Gasteiger partial charge in [-0.05, 0) is 39.2 Å². The number of aromatic nitrogens is 2. The molecule has 1 aromatic rings. The molecule has 106 valence electrons. The lowest BCUT2D eigenvalue weighted by Crippen LogP contribution is -2.52. The van der Waals surface area contributed by atoms with Crippen LogP contribution < -0.4 is 10.2 Å². The second kappa shape index (κ2) is 6.80. The standard InChI is InChI=1S/C14H23FN4/c1-3-7-16-11(2)13-6-4-5-8-19(13)14-17-9-12(15)10-18-14/h9-11,13,16H,3-8H2,1-2H3. The maximum absolute atomic E-state index is 12.9. The largest absolute Gasteiger partial charge is 0.336 e. The van der Waals surface area contributed by atoms with E-state index in [1.54, 1.807) is 0 Å². The molecule has 0 aromatic carbocycles. The van der Waals surface area contributed by atoms with E-state index in [4.69, 9.17) is 0 Å². The van der Waals surface area contributed by atoms with Gasteiger partial charge >= 0.3 is 0 Å². The number of piperidine rings is 1. The van der Waals surface area contributed by atoms with Crippen molar-refractivity contribution in [2.24, 2.45) is 0 Å². The van der Waals surface area contributed by atoms with E-state index in [1.165, 1.54) is 18.8 Å². The van der Waals surface area contributed by atoms with Crippen LogP contribution in [0.4, 0.5) is 10.3 Å². The van der Waals surface area contributed by atoms with Crippen molar-refractivity contribution in [2.45, 2.75) is 51.6 Å². The van der Waals surface area contributed by atoms with Gasteiger partial charge in [-0.15, -0.1) is 0 Å². The molecule has 2 heterocycles. The molecule has 2 atom stereocenters. The van der Waals surface area contributed by atoms with Gasteiger partial charge in [0.1, 0.15) is 0 Å². The van der Waals surface area contributed by atoms with Gasteiger partial charge < -0.3 is 10.2 Å². The molecule has 1 N–H and O–H groups in total. The first-order valence-electron chi connectivity index (χ1n) is 7.20. The lowest BCUT2D eigenvalue weighted by molar-refractivity contribution is 0.363. The SMILES string of the molecule is CCCNC(C)C1CCCCN1c1ncc(F)cn1. The molecule has 1 aliphatic heterocycles. The molecule has 0 radical (unpaired) electrons. The molecule has 0 aliphatic carbocycles. The van der Waals surface area contributed by atoms with Gasteiger partial charge in [-0.1, -0.05) is 6.92 Å². The van der Waals surface area contributed by atoms with Gasteiger partial charge in [0, 0.05) is 18.6 Å². The van der Waals surface area contributed by atoms with E-state index in [1.807, 2.05) is 0 Å². The quantitative estimate of drug-likeness (QED) is 0.888. The lowest BCUT2D eigenvalue weighted by atomic mass is 9.96. The summed E-state index contributed by atoms with van der Waals surface area (Å²) in [7, 11) is 0. The normalized spacial score (nSPS) is 21.4. The summed E-state index contributed by atoms with van der Waals surface area (Å²) in [6.45, 7) is 6.35. The Kier molecular flexibility index (Phi) is 5.07. The molecule has 1 aliphatic rings. The zero-order valence-corrected chi connectivity index (χ0v) is 11.8. The summed E-state index contributed by atoms with van der Waals surface area (Å²) in [6.07, 6.45) is 7.15. The van der Waals surface area contributed by atoms with Crippen LogP contribution in [-0.2, 0) is 0 Å². The van der Waals surface area contributed by atoms with E-state index in [0.29, 0.717) is 18.0 Å². The summed E-state index contributed by atoms with van der Waals surface area (Å²) in [6, 6.07) is 0.791. The Morgan fingerprint density at radius 3 is 2.84 bits per heavy atom. The van der Waals surface area contributed by atoms with Crippen LogP contribution in [0, 0.1) is 5.82 Å². The topological polar surface area (TPSA) is 41.0 Å². The molecule has 1 aromatic heterocycles. The Hall–Kier alpha value is -1.23. The third kappa shape index (κ3) is 3.62. The fourth-order valence-corrected chi connectivity index (χ4v) is 2.69. The number of hydrogen-bond donors (Lipinski definition) is 1. The van der Waals surface area contributed by atoms with Crippen LogP contribution in [0.15, 0.2) is 12.4 Å². The second-order valence-electron chi connectivity index (χ2n) is 5.20. The van der Waals surface area contributed by atoms with E-state index < -0.39 is 0 Å². The van der Waals surface area contributed by atoms with Crippen molar-refractivity contribution in [1.82, 2.24) is 15.3 Å². The first-order valence-corrected chi connectivity index (χ1v) is 7.20. The summed E-state index contributed by atoms with van der Waals surface area (Å²) in [5.74, 6) is 0.269. The summed E-state index contributed by atoms with van der Waals surface area (Å²) in [5, 5.41) is 3.54. The Labute approximate surface area is 114 Å². The van der Waals surface area contributed by atoms with Gasteiger partial charge in [-0.3, -0.25) is 0 Å². The minimum absolute atomic E-state index is 0.380. The lowest BCUT2D eigenvalue weighted by Gasteiger charge is -2.39. The number of anilines is 1. The molecule has 2 rings (SSSR count). The number of rotatable bonds is 5. The van der Waals surface area contributed by atoms with Gasteiger partial charge in [-0.25, -0.2) is 14.4 Å². The minimum atomic E-state index is -0.380. The Morgan fingerprint density at radius 2 is 2.16 bits per heavy atom. The number of nitrogens with one attached hydrogen (secondary N) is 1.